The third-order valence-electron chi connectivity index (χ3n) is 3.00. The second-order valence-electron chi connectivity index (χ2n) is 4.70. The number of nitrogens with zero attached hydrogens (tertiary/aromatic N) is 2. The van der Waals surface area contributed by atoms with Crippen LogP contribution in [0, 0.1) is 5.92 Å². The Morgan fingerprint density at radius 1 is 1.24 bits per heavy atom. The lowest BCUT2D eigenvalue weighted by molar-refractivity contribution is 0.484. The molecule has 90 valence electrons. The van der Waals surface area contributed by atoms with Crippen molar-refractivity contribution in [3.8, 4) is 0 Å². The van der Waals surface area contributed by atoms with Crippen molar-refractivity contribution in [2.75, 3.05) is 0 Å². The van der Waals surface area contributed by atoms with Crippen LogP contribution in [0.15, 0.2) is 42.9 Å². The minimum absolute atomic E-state index is 0.0428. The van der Waals surface area contributed by atoms with Crippen LogP contribution >= 0.6 is 0 Å². The van der Waals surface area contributed by atoms with Crippen LogP contribution in [-0.4, -0.2) is 9.55 Å². The van der Waals surface area contributed by atoms with E-state index in [4.69, 9.17) is 5.73 Å². The summed E-state index contributed by atoms with van der Waals surface area (Å²) in [6.45, 7) is 5.09. The number of benzene rings is 1. The molecule has 3 nitrogen and oxygen atoms in total. The van der Waals surface area contributed by atoms with Gasteiger partial charge in [-0.05, 0) is 11.5 Å². The molecule has 2 N–H and O–H groups in total. The van der Waals surface area contributed by atoms with E-state index in [0.717, 1.165) is 12.2 Å². The smallest absolute Gasteiger partial charge is 0.0951 e. The van der Waals surface area contributed by atoms with E-state index >= 15 is 0 Å². The number of imidazole rings is 1. The molecule has 0 spiro atoms. The Hall–Kier alpha value is -1.61. The Balaban J connectivity index is 2.20. The first-order valence-corrected chi connectivity index (χ1v) is 5.98. The van der Waals surface area contributed by atoms with E-state index in [0.29, 0.717) is 5.92 Å². The van der Waals surface area contributed by atoms with Gasteiger partial charge in [-0.25, -0.2) is 4.98 Å². The minimum atomic E-state index is 0.0428. The van der Waals surface area contributed by atoms with Crippen LogP contribution in [-0.2, 0) is 6.54 Å². The van der Waals surface area contributed by atoms with Gasteiger partial charge in [-0.15, -0.1) is 0 Å². The third kappa shape index (κ3) is 2.74. The summed E-state index contributed by atoms with van der Waals surface area (Å²) in [6, 6.07) is 10.4. The molecular weight excluding hydrogens is 210 g/mol. The van der Waals surface area contributed by atoms with Gasteiger partial charge in [0.2, 0.25) is 0 Å². The van der Waals surface area contributed by atoms with E-state index in [-0.39, 0.29) is 6.04 Å². The molecule has 0 saturated heterocycles. The highest BCUT2D eigenvalue weighted by Crippen LogP contribution is 2.19. The standard InChI is InChI=1S/C14H19N3/c1-11(2)14(15)13-8-16-10-17(13)9-12-6-4-3-5-7-12/h3-8,10-11,14H,9,15H2,1-2H3. The highest BCUT2D eigenvalue weighted by Gasteiger charge is 2.14. The molecule has 1 unspecified atom stereocenters. The summed E-state index contributed by atoms with van der Waals surface area (Å²) < 4.78 is 2.12. The molecule has 0 saturated carbocycles. The van der Waals surface area contributed by atoms with Crippen molar-refractivity contribution in [1.82, 2.24) is 9.55 Å². The van der Waals surface area contributed by atoms with Crippen molar-refractivity contribution < 1.29 is 0 Å². The third-order valence-corrected chi connectivity index (χ3v) is 3.00. The second-order valence-corrected chi connectivity index (χ2v) is 4.70. The summed E-state index contributed by atoms with van der Waals surface area (Å²) in [5.74, 6) is 0.418. The quantitative estimate of drug-likeness (QED) is 0.875. The summed E-state index contributed by atoms with van der Waals surface area (Å²) in [7, 11) is 0. The average molecular weight is 229 g/mol. The maximum absolute atomic E-state index is 6.18. The number of rotatable bonds is 4. The lowest BCUT2D eigenvalue weighted by Gasteiger charge is -2.17. The number of hydrogen-bond acceptors (Lipinski definition) is 2. The van der Waals surface area contributed by atoms with E-state index in [1.54, 1.807) is 0 Å². The molecule has 0 radical (unpaired) electrons. The molecule has 0 aliphatic heterocycles. The Labute approximate surface area is 102 Å². The molecule has 1 aromatic heterocycles. The topological polar surface area (TPSA) is 43.8 Å². The summed E-state index contributed by atoms with van der Waals surface area (Å²) >= 11 is 0. The zero-order valence-electron chi connectivity index (χ0n) is 10.4. The largest absolute Gasteiger partial charge is 0.329 e. The first-order chi connectivity index (χ1) is 8.18. The van der Waals surface area contributed by atoms with Crippen LogP contribution in [0.4, 0.5) is 0 Å². The zero-order valence-corrected chi connectivity index (χ0v) is 10.4. The Morgan fingerprint density at radius 3 is 2.59 bits per heavy atom. The molecule has 0 bridgehead atoms. The first-order valence-electron chi connectivity index (χ1n) is 5.98. The molecule has 17 heavy (non-hydrogen) atoms. The zero-order chi connectivity index (χ0) is 12.3. The number of aromatic nitrogens is 2. The number of nitrogens with two attached hydrogens (primary N) is 1. The summed E-state index contributed by atoms with van der Waals surface area (Å²) in [5, 5.41) is 0. The molecule has 0 aliphatic carbocycles. The maximum Gasteiger partial charge on any atom is 0.0951 e. The second kappa shape index (κ2) is 5.15. The van der Waals surface area contributed by atoms with Crippen LogP contribution in [0.1, 0.15) is 31.1 Å². The van der Waals surface area contributed by atoms with Gasteiger partial charge in [-0.1, -0.05) is 44.2 Å². The average Bonchev–Trinajstić information content (AvgIpc) is 2.77. The van der Waals surface area contributed by atoms with Crippen molar-refractivity contribution >= 4 is 0 Å². The van der Waals surface area contributed by atoms with Gasteiger partial charge in [0.15, 0.2) is 0 Å². The van der Waals surface area contributed by atoms with E-state index in [2.05, 4.69) is 35.5 Å². The predicted octanol–water partition coefficient (Wildman–Crippen LogP) is 2.59. The highest BCUT2D eigenvalue weighted by atomic mass is 15.1. The Bertz CT molecular complexity index is 459. The van der Waals surface area contributed by atoms with Gasteiger partial charge in [-0.2, -0.15) is 0 Å². The van der Waals surface area contributed by atoms with Gasteiger partial charge >= 0.3 is 0 Å². The van der Waals surface area contributed by atoms with Gasteiger partial charge in [0.1, 0.15) is 0 Å². The highest BCUT2D eigenvalue weighted by molar-refractivity contribution is 5.17. The molecule has 2 rings (SSSR count). The van der Waals surface area contributed by atoms with Crippen LogP contribution in [0.25, 0.3) is 0 Å². The minimum Gasteiger partial charge on any atom is -0.329 e. The normalized spacial score (nSPS) is 12.9. The monoisotopic (exact) mass is 229 g/mol. The molecular formula is C14H19N3. The fourth-order valence-corrected chi connectivity index (χ4v) is 1.86. The summed E-state index contributed by atoms with van der Waals surface area (Å²) in [4.78, 5) is 4.20. The lowest BCUT2D eigenvalue weighted by Crippen LogP contribution is -2.20. The summed E-state index contributed by atoms with van der Waals surface area (Å²) in [6.07, 6.45) is 3.72. The molecule has 1 aromatic carbocycles. The van der Waals surface area contributed by atoms with Gasteiger partial charge in [0.25, 0.3) is 0 Å². The van der Waals surface area contributed by atoms with Crippen molar-refractivity contribution in [1.29, 1.82) is 0 Å². The van der Waals surface area contributed by atoms with E-state index < -0.39 is 0 Å². The molecule has 2 aromatic rings. The van der Waals surface area contributed by atoms with Gasteiger partial charge < -0.3 is 10.3 Å². The molecule has 0 fully saturated rings. The Kier molecular flexibility index (Phi) is 3.59. The fourth-order valence-electron chi connectivity index (χ4n) is 1.86. The van der Waals surface area contributed by atoms with Crippen molar-refractivity contribution in [3.05, 3.63) is 54.1 Å². The van der Waals surface area contributed by atoms with Gasteiger partial charge in [0, 0.05) is 18.8 Å². The lowest BCUT2D eigenvalue weighted by atomic mass is 10.0. The number of hydrogen-bond donors (Lipinski definition) is 1. The molecule has 1 heterocycles. The van der Waals surface area contributed by atoms with Gasteiger partial charge in [-0.3, -0.25) is 0 Å². The van der Waals surface area contributed by atoms with Crippen LogP contribution in [0.2, 0.25) is 0 Å². The van der Waals surface area contributed by atoms with Gasteiger partial charge in [0.05, 0.1) is 12.0 Å². The van der Waals surface area contributed by atoms with Crippen molar-refractivity contribution in [2.45, 2.75) is 26.4 Å². The molecule has 0 amide bonds. The van der Waals surface area contributed by atoms with E-state index in [1.165, 1.54) is 5.56 Å². The van der Waals surface area contributed by atoms with Crippen LogP contribution in [0.3, 0.4) is 0 Å². The van der Waals surface area contributed by atoms with Crippen LogP contribution in [0.5, 0.6) is 0 Å². The summed E-state index contributed by atoms with van der Waals surface area (Å²) in [5.41, 5.74) is 8.54. The van der Waals surface area contributed by atoms with Crippen LogP contribution < -0.4 is 5.73 Å². The maximum atomic E-state index is 6.18. The van der Waals surface area contributed by atoms with E-state index in [1.807, 2.05) is 30.7 Å². The molecule has 1 atom stereocenters. The SMILES string of the molecule is CC(C)C(N)c1cncn1Cc1ccccc1. The fraction of sp³-hybridized carbons (Fsp3) is 0.357. The van der Waals surface area contributed by atoms with E-state index in [9.17, 15) is 0 Å². The van der Waals surface area contributed by atoms with Crippen molar-refractivity contribution in [2.24, 2.45) is 11.7 Å². The first kappa shape index (κ1) is 11.9. The Morgan fingerprint density at radius 2 is 1.94 bits per heavy atom. The predicted molar refractivity (Wildman–Crippen MR) is 69.5 cm³/mol. The van der Waals surface area contributed by atoms with Crippen molar-refractivity contribution in [3.63, 3.8) is 0 Å². The molecule has 0 aliphatic rings. The molecule has 3 heteroatoms.